The predicted octanol–water partition coefficient (Wildman–Crippen LogP) is 3.51. The van der Waals surface area contributed by atoms with Crippen LogP contribution in [0.25, 0.3) is 10.8 Å². The van der Waals surface area contributed by atoms with Gasteiger partial charge < -0.3 is 5.32 Å². The van der Waals surface area contributed by atoms with Gasteiger partial charge in [-0.05, 0) is 23.8 Å². The number of nitrogens with zero attached hydrogens (tertiary/aromatic N) is 1. The zero-order chi connectivity index (χ0) is 12.1. The summed E-state index contributed by atoms with van der Waals surface area (Å²) in [5.74, 6) is 0. The molecule has 2 aromatic rings. The van der Waals surface area contributed by atoms with Crippen LogP contribution in [0.3, 0.4) is 0 Å². The van der Waals surface area contributed by atoms with E-state index in [1.54, 1.807) is 0 Å². The lowest BCUT2D eigenvalue weighted by Gasteiger charge is -2.15. The highest BCUT2D eigenvalue weighted by atomic mass is 14.9. The van der Waals surface area contributed by atoms with Crippen molar-refractivity contribution in [2.45, 2.75) is 39.3 Å². The SMILES string of the molecule is CCC(CC)NCc1cncc2ccccc12. The fourth-order valence-corrected chi connectivity index (χ4v) is 2.15. The Morgan fingerprint density at radius 3 is 2.65 bits per heavy atom. The van der Waals surface area contributed by atoms with E-state index in [1.165, 1.54) is 29.2 Å². The number of aromatic nitrogens is 1. The molecular weight excluding hydrogens is 208 g/mol. The quantitative estimate of drug-likeness (QED) is 0.847. The molecular formula is C15H20N2. The maximum Gasteiger partial charge on any atom is 0.0346 e. The van der Waals surface area contributed by atoms with Crippen LogP contribution < -0.4 is 5.32 Å². The fourth-order valence-electron chi connectivity index (χ4n) is 2.15. The Morgan fingerprint density at radius 2 is 1.88 bits per heavy atom. The highest BCUT2D eigenvalue weighted by Crippen LogP contribution is 2.17. The molecule has 17 heavy (non-hydrogen) atoms. The summed E-state index contributed by atoms with van der Waals surface area (Å²) >= 11 is 0. The third-order valence-electron chi connectivity index (χ3n) is 3.32. The maximum atomic E-state index is 4.30. The molecule has 0 radical (unpaired) electrons. The van der Waals surface area contributed by atoms with Crippen molar-refractivity contribution in [1.29, 1.82) is 0 Å². The molecule has 0 atom stereocenters. The number of benzene rings is 1. The molecule has 1 aromatic heterocycles. The van der Waals surface area contributed by atoms with Gasteiger partial charge in [0.1, 0.15) is 0 Å². The van der Waals surface area contributed by atoms with Crippen LogP contribution in [0.1, 0.15) is 32.3 Å². The number of hydrogen-bond donors (Lipinski definition) is 1. The molecule has 2 nitrogen and oxygen atoms in total. The number of rotatable bonds is 5. The smallest absolute Gasteiger partial charge is 0.0346 e. The van der Waals surface area contributed by atoms with E-state index in [9.17, 15) is 0 Å². The van der Waals surface area contributed by atoms with Gasteiger partial charge in [0.2, 0.25) is 0 Å². The molecule has 0 spiro atoms. The standard InChI is InChI=1S/C15H20N2/c1-3-14(4-2)17-11-13-10-16-9-12-7-5-6-8-15(12)13/h5-10,14,17H,3-4,11H2,1-2H3. The van der Waals surface area contributed by atoms with Gasteiger partial charge >= 0.3 is 0 Å². The summed E-state index contributed by atoms with van der Waals surface area (Å²) in [6, 6.07) is 9.03. The summed E-state index contributed by atoms with van der Waals surface area (Å²) in [6.45, 7) is 5.35. The van der Waals surface area contributed by atoms with Crippen molar-refractivity contribution < 1.29 is 0 Å². The average Bonchev–Trinajstić information content (AvgIpc) is 2.40. The Kier molecular flexibility index (Phi) is 4.10. The van der Waals surface area contributed by atoms with Gasteiger partial charge in [-0.1, -0.05) is 38.1 Å². The lowest BCUT2D eigenvalue weighted by atomic mass is 10.1. The van der Waals surface area contributed by atoms with Crippen molar-refractivity contribution in [2.24, 2.45) is 0 Å². The van der Waals surface area contributed by atoms with Gasteiger partial charge in [-0.15, -0.1) is 0 Å². The fraction of sp³-hybridized carbons (Fsp3) is 0.400. The van der Waals surface area contributed by atoms with Crippen LogP contribution in [-0.4, -0.2) is 11.0 Å². The van der Waals surface area contributed by atoms with Crippen molar-refractivity contribution in [2.75, 3.05) is 0 Å². The van der Waals surface area contributed by atoms with Crippen LogP contribution in [0, 0.1) is 0 Å². The first-order chi connectivity index (χ1) is 8.35. The van der Waals surface area contributed by atoms with Gasteiger partial charge in [-0.2, -0.15) is 0 Å². The molecule has 1 heterocycles. The number of fused-ring (bicyclic) bond motifs is 1. The van der Waals surface area contributed by atoms with Gasteiger partial charge in [0.15, 0.2) is 0 Å². The molecule has 0 saturated heterocycles. The molecule has 0 saturated carbocycles. The summed E-state index contributed by atoms with van der Waals surface area (Å²) in [5, 5.41) is 6.11. The molecule has 0 unspecified atom stereocenters. The third kappa shape index (κ3) is 2.83. The van der Waals surface area contributed by atoms with Crippen molar-refractivity contribution in [3.8, 4) is 0 Å². The molecule has 0 bridgehead atoms. The van der Waals surface area contributed by atoms with Gasteiger partial charge in [-0.25, -0.2) is 0 Å². The van der Waals surface area contributed by atoms with Gasteiger partial charge in [-0.3, -0.25) is 4.98 Å². The van der Waals surface area contributed by atoms with Crippen LogP contribution in [0.2, 0.25) is 0 Å². The van der Waals surface area contributed by atoms with Crippen molar-refractivity contribution in [3.05, 3.63) is 42.2 Å². The summed E-state index contributed by atoms with van der Waals surface area (Å²) in [4.78, 5) is 4.30. The zero-order valence-electron chi connectivity index (χ0n) is 10.6. The maximum absolute atomic E-state index is 4.30. The van der Waals surface area contributed by atoms with E-state index in [1.807, 2.05) is 12.4 Å². The molecule has 0 aliphatic rings. The predicted molar refractivity (Wildman–Crippen MR) is 73.0 cm³/mol. The van der Waals surface area contributed by atoms with Crippen molar-refractivity contribution in [3.63, 3.8) is 0 Å². The monoisotopic (exact) mass is 228 g/mol. The van der Waals surface area contributed by atoms with E-state index in [0.29, 0.717) is 6.04 Å². The second kappa shape index (κ2) is 5.78. The normalized spacial score (nSPS) is 11.2. The first-order valence-electron chi connectivity index (χ1n) is 6.40. The van der Waals surface area contributed by atoms with E-state index in [2.05, 4.69) is 48.4 Å². The lowest BCUT2D eigenvalue weighted by molar-refractivity contribution is 0.485. The van der Waals surface area contributed by atoms with Gasteiger partial charge in [0, 0.05) is 30.4 Å². The summed E-state index contributed by atoms with van der Waals surface area (Å²) < 4.78 is 0. The van der Waals surface area contributed by atoms with E-state index < -0.39 is 0 Å². The highest BCUT2D eigenvalue weighted by molar-refractivity contribution is 5.84. The number of pyridine rings is 1. The van der Waals surface area contributed by atoms with Crippen LogP contribution in [0.5, 0.6) is 0 Å². The minimum atomic E-state index is 0.606. The first kappa shape index (κ1) is 12.1. The summed E-state index contributed by atoms with van der Waals surface area (Å²) in [7, 11) is 0. The van der Waals surface area contributed by atoms with Gasteiger partial charge in [0.25, 0.3) is 0 Å². The third-order valence-corrected chi connectivity index (χ3v) is 3.32. The molecule has 0 amide bonds. The molecule has 2 rings (SSSR count). The van der Waals surface area contributed by atoms with E-state index in [4.69, 9.17) is 0 Å². The number of hydrogen-bond acceptors (Lipinski definition) is 2. The molecule has 2 heteroatoms. The zero-order valence-corrected chi connectivity index (χ0v) is 10.6. The average molecular weight is 228 g/mol. The summed E-state index contributed by atoms with van der Waals surface area (Å²) in [5.41, 5.74) is 1.29. The second-order valence-electron chi connectivity index (χ2n) is 4.41. The Balaban J connectivity index is 2.18. The van der Waals surface area contributed by atoms with Crippen LogP contribution >= 0.6 is 0 Å². The lowest BCUT2D eigenvalue weighted by Crippen LogP contribution is -2.27. The van der Waals surface area contributed by atoms with E-state index in [-0.39, 0.29) is 0 Å². The molecule has 1 aromatic carbocycles. The van der Waals surface area contributed by atoms with E-state index >= 15 is 0 Å². The molecule has 0 aliphatic carbocycles. The molecule has 0 fully saturated rings. The molecule has 90 valence electrons. The highest BCUT2D eigenvalue weighted by Gasteiger charge is 2.04. The number of nitrogens with one attached hydrogen (secondary N) is 1. The Hall–Kier alpha value is -1.41. The van der Waals surface area contributed by atoms with Crippen LogP contribution in [0.15, 0.2) is 36.7 Å². The minimum absolute atomic E-state index is 0.606. The van der Waals surface area contributed by atoms with Gasteiger partial charge in [0.05, 0.1) is 0 Å². The van der Waals surface area contributed by atoms with Crippen molar-refractivity contribution >= 4 is 10.8 Å². The van der Waals surface area contributed by atoms with E-state index in [0.717, 1.165) is 6.54 Å². The minimum Gasteiger partial charge on any atom is -0.310 e. The Labute approximate surface area is 103 Å². The molecule has 1 N–H and O–H groups in total. The Bertz CT molecular complexity index is 470. The van der Waals surface area contributed by atoms with Crippen LogP contribution in [-0.2, 0) is 6.54 Å². The second-order valence-corrected chi connectivity index (χ2v) is 4.41. The summed E-state index contributed by atoms with van der Waals surface area (Å²) in [6.07, 6.45) is 6.25. The van der Waals surface area contributed by atoms with Crippen molar-refractivity contribution in [1.82, 2.24) is 10.3 Å². The Morgan fingerprint density at radius 1 is 1.12 bits per heavy atom. The largest absolute Gasteiger partial charge is 0.310 e. The topological polar surface area (TPSA) is 24.9 Å². The molecule has 0 aliphatic heterocycles. The first-order valence-corrected chi connectivity index (χ1v) is 6.40. The van der Waals surface area contributed by atoms with Crippen LogP contribution in [0.4, 0.5) is 0 Å².